The highest BCUT2D eigenvalue weighted by Gasteiger charge is 2.35. The van der Waals surface area contributed by atoms with E-state index in [0.717, 1.165) is 5.56 Å². The Morgan fingerprint density at radius 1 is 1.21 bits per heavy atom. The van der Waals surface area contributed by atoms with E-state index in [1.165, 1.54) is 0 Å². The minimum absolute atomic E-state index is 0.0101. The number of aryl methyl sites for hydroxylation is 1. The molecule has 2 aromatic heterocycles. The zero-order chi connectivity index (χ0) is 19.8. The molecule has 0 bridgehead atoms. The van der Waals surface area contributed by atoms with Gasteiger partial charge in [0, 0.05) is 25.6 Å². The third-order valence-corrected chi connectivity index (χ3v) is 5.21. The summed E-state index contributed by atoms with van der Waals surface area (Å²) in [6.07, 6.45) is 2.11. The Morgan fingerprint density at radius 3 is 2.68 bits per heavy atom. The van der Waals surface area contributed by atoms with Gasteiger partial charge in [-0.1, -0.05) is 37.3 Å². The molecule has 2 amide bonds. The Kier molecular flexibility index (Phi) is 4.42. The van der Waals surface area contributed by atoms with Gasteiger partial charge in [0.05, 0.1) is 6.20 Å². The van der Waals surface area contributed by atoms with E-state index in [0.29, 0.717) is 24.6 Å². The number of amides is 2. The number of carbonyl (C=O) groups excluding carboxylic acids is 2. The number of nitrogens with two attached hydrogens (primary N) is 1. The molecule has 1 aliphatic rings. The molecule has 9 heteroatoms. The maximum absolute atomic E-state index is 13.2. The first-order valence-corrected chi connectivity index (χ1v) is 9.08. The van der Waals surface area contributed by atoms with E-state index < -0.39 is 11.9 Å². The van der Waals surface area contributed by atoms with Crippen LogP contribution in [0.5, 0.6) is 0 Å². The van der Waals surface area contributed by atoms with Gasteiger partial charge in [0.15, 0.2) is 0 Å². The van der Waals surface area contributed by atoms with Gasteiger partial charge in [-0.25, -0.2) is 4.68 Å². The van der Waals surface area contributed by atoms with Gasteiger partial charge < -0.3 is 5.73 Å². The number of primary amides is 1. The average molecular weight is 379 g/mol. The molecule has 3 heterocycles. The lowest BCUT2D eigenvalue weighted by atomic mass is 9.99. The molecular formula is C19H21N7O2. The molecule has 0 fully saturated rings. The lowest BCUT2D eigenvalue weighted by molar-refractivity contribution is -0.121. The number of anilines is 1. The summed E-state index contributed by atoms with van der Waals surface area (Å²) in [6.45, 7) is 2.50. The van der Waals surface area contributed by atoms with Crippen molar-refractivity contribution < 1.29 is 9.59 Å². The van der Waals surface area contributed by atoms with Crippen LogP contribution in [-0.4, -0.2) is 43.4 Å². The highest BCUT2D eigenvalue weighted by atomic mass is 16.2. The zero-order valence-electron chi connectivity index (χ0n) is 15.7. The number of likely N-dealkylation sites (N-methyl/N-ethyl adjacent to an activating group) is 1. The molecule has 1 unspecified atom stereocenters. The first-order valence-electron chi connectivity index (χ1n) is 9.08. The van der Waals surface area contributed by atoms with Crippen molar-refractivity contribution >= 4 is 17.6 Å². The van der Waals surface area contributed by atoms with Crippen LogP contribution in [0.25, 0.3) is 0 Å². The summed E-state index contributed by atoms with van der Waals surface area (Å²) < 4.78 is 3.37. The van der Waals surface area contributed by atoms with Crippen molar-refractivity contribution in [2.75, 3.05) is 11.9 Å². The summed E-state index contributed by atoms with van der Waals surface area (Å²) in [6, 6.07) is 10.9. The van der Waals surface area contributed by atoms with Crippen LogP contribution in [0.2, 0.25) is 0 Å². The molecule has 0 saturated carbocycles. The maximum Gasteiger partial charge on any atom is 0.286 e. The smallest absolute Gasteiger partial charge is 0.286 e. The number of hydrogen-bond donors (Lipinski definition) is 1. The Hall–Kier alpha value is -3.49. The van der Waals surface area contributed by atoms with Crippen molar-refractivity contribution in [2.24, 2.45) is 5.73 Å². The van der Waals surface area contributed by atoms with Gasteiger partial charge in [0.1, 0.15) is 17.7 Å². The maximum atomic E-state index is 13.2. The first-order chi connectivity index (χ1) is 13.5. The van der Waals surface area contributed by atoms with Crippen LogP contribution in [-0.2, 0) is 11.3 Å². The molecular weight excluding hydrogens is 358 g/mol. The molecule has 9 nitrogen and oxygen atoms in total. The molecule has 4 rings (SSSR count). The number of aromatic nitrogens is 5. The lowest BCUT2D eigenvalue weighted by Gasteiger charge is -2.24. The highest BCUT2D eigenvalue weighted by molar-refractivity contribution is 5.96. The third-order valence-electron chi connectivity index (χ3n) is 5.21. The number of benzene rings is 1. The molecule has 3 aromatic rings. The molecule has 0 aliphatic carbocycles. The molecule has 28 heavy (non-hydrogen) atoms. The average Bonchev–Trinajstić information content (AvgIpc) is 3.32. The van der Waals surface area contributed by atoms with E-state index in [1.807, 2.05) is 37.3 Å². The second-order valence-electron chi connectivity index (χ2n) is 6.86. The van der Waals surface area contributed by atoms with Gasteiger partial charge >= 0.3 is 0 Å². The predicted molar refractivity (Wildman–Crippen MR) is 102 cm³/mol. The summed E-state index contributed by atoms with van der Waals surface area (Å²) in [5.74, 6) is 0.189. The topological polar surface area (TPSA) is 112 Å². The van der Waals surface area contributed by atoms with Crippen LogP contribution in [0.4, 0.5) is 5.82 Å². The van der Waals surface area contributed by atoms with Crippen molar-refractivity contribution in [1.29, 1.82) is 0 Å². The normalized spacial score (nSPS) is 17.9. The summed E-state index contributed by atoms with van der Waals surface area (Å²) in [7, 11) is 1.70. The minimum atomic E-state index is -0.712. The van der Waals surface area contributed by atoms with E-state index in [1.54, 1.807) is 33.5 Å². The molecule has 0 radical (unpaired) electrons. The van der Waals surface area contributed by atoms with Gasteiger partial charge in [0.2, 0.25) is 5.82 Å². The van der Waals surface area contributed by atoms with E-state index in [-0.39, 0.29) is 17.6 Å². The quantitative estimate of drug-likeness (QED) is 0.735. The van der Waals surface area contributed by atoms with Crippen LogP contribution >= 0.6 is 0 Å². The number of carbonyl (C=O) groups is 2. The molecule has 1 aliphatic heterocycles. The monoisotopic (exact) mass is 379 g/mol. The Morgan fingerprint density at radius 2 is 1.96 bits per heavy atom. The summed E-state index contributed by atoms with van der Waals surface area (Å²) in [5.41, 5.74) is 6.56. The van der Waals surface area contributed by atoms with Crippen LogP contribution in [0, 0.1) is 0 Å². The van der Waals surface area contributed by atoms with E-state index in [4.69, 9.17) is 5.73 Å². The summed E-state index contributed by atoms with van der Waals surface area (Å²) in [4.78, 5) is 26.8. The van der Waals surface area contributed by atoms with E-state index in [2.05, 4.69) is 15.3 Å². The summed E-state index contributed by atoms with van der Waals surface area (Å²) in [5, 5.41) is 12.5. The van der Waals surface area contributed by atoms with Crippen molar-refractivity contribution in [3.05, 3.63) is 59.8 Å². The van der Waals surface area contributed by atoms with Gasteiger partial charge in [-0.15, -0.1) is 10.2 Å². The van der Waals surface area contributed by atoms with Gasteiger partial charge in [-0.3, -0.25) is 19.1 Å². The minimum Gasteiger partial charge on any atom is -0.363 e. The fraction of sp³-hybridized carbons (Fsp3) is 0.316. The van der Waals surface area contributed by atoms with Crippen molar-refractivity contribution in [1.82, 2.24) is 24.5 Å². The third kappa shape index (κ3) is 2.84. The van der Waals surface area contributed by atoms with Crippen molar-refractivity contribution in [3.8, 4) is 0 Å². The molecule has 2 N–H and O–H groups in total. The standard InChI is InChI=1S/C19H21N7O2/c1-12(13-6-4-3-5-7-13)17-22-23-18(16(20)27)26(17)14-9-11-25-15(8-10-21-25)24(2)19(14)28/h3-8,10,12,14H,9,11H2,1-2H3,(H2,20,27)/t12?,14-/m0/s1. The van der Waals surface area contributed by atoms with E-state index in [9.17, 15) is 9.59 Å². The number of hydrogen-bond acceptors (Lipinski definition) is 5. The van der Waals surface area contributed by atoms with Gasteiger partial charge in [0.25, 0.3) is 11.8 Å². The Balaban J connectivity index is 1.80. The SMILES string of the molecule is CC(c1ccccc1)c1nnc(C(N)=O)n1[C@H]1CCn2nccc2N(C)C1=O. The fourth-order valence-electron chi connectivity index (χ4n) is 3.69. The highest BCUT2D eigenvalue weighted by Crippen LogP contribution is 2.31. The Labute approximate surface area is 161 Å². The van der Waals surface area contributed by atoms with Gasteiger partial charge in [-0.05, 0) is 12.0 Å². The lowest BCUT2D eigenvalue weighted by Crippen LogP contribution is -2.36. The zero-order valence-corrected chi connectivity index (χ0v) is 15.7. The van der Waals surface area contributed by atoms with E-state index >= 15 is 0 Å². The first kappa shape index (κ1) is 17.9. The number of fused-ring (bicyclic) bond motifs is 1. The van der Waals surface area contributed by atoms with Gasteiger partial charge in [-0.2, -0.15) is 5.10 Å². The molecule has 144 valence electrons. The Bertz CT molecular complexity index is 1020. The molecule has 2 atom stereocenters. The molecule has 0 spiro atoms. The number of rotatable bonds is 4. The fourth-order valence-corrected chi connectivity index (χ4v) is 3.69. The van der Waals surface area contributed by atoms with Crippen LogP contribution in [0.15, 0.2) is 42.6 Å². The van der Waals surface area contributed by atoms with Crippen LogP contribution < -0.4 is 10.6 Å². The van der Waals surface area contributed by atoms with Crippen LogP contribution in [0.1, 0.15) is 47.3 Å². The van der Waals surface area contributed by atoms with Crippen molar-refractivity contribution in [2.45, 2.75) is 31.8 Å². The second kappa shape index (κ2) is 6.91. The molecule has 1 aromatic carbocycles. The number of nitrogens with zero attached hydrogens (tertiary/aromatic N) is 6. The molecule has 0 saturated heterocycles. The predicted octanol–water partition coefficient (Wildman–Crippen LogP) is 1.33. The summed E-state index contributed by atoms with van der Waals surface area (Å²) >= 11 is 0. The second-order valence-corrected chi connectivity index (χ2v) is 6.86. The van der Waals surface area contributed by atoms with Crippen molar-refractivity contribution in [3.63, 3.8) is 0 Å². The largest absolute Gasteiger partial charge is 0.363 e. The van der Waals surface area contributed by atoms with Crippen LogP contribution in [0.3, 0.4) is 0 Å².